The van der Waals surface area contributed by atoms with E-state index in [-0.39, 0.29) is 6.09 Å². The maximum atomic E-state index is 12.1. The van der Waals surface area contributed by atoms with Crippen LogP contribution < -0.4 is 4.90 Å². The van der Waals surface area contributed by atoms with Gasteiger partial charge in [-0.25, -0.2) is 14.8 Å². The number of nitrogens with zero attached hydrogens (tertiary/aromatic N) is 7. The van der Waals surface area contributed by atoms with Gasteiger partial charge in [0.25, 0.3) is 0 Å². The van der Waals surface area contributed by atoms with Crippen molar-refractivity contribution >= 4 is 11.9 Å². The van der Waals surface area contributed by atoms with Gasteiger partial charge in [0.05, 0.1) is 12.4 Å². The molecule has 128 valence electrons. The number of amides is 1. The molecule has 0 unspecified atom stereocenters. The number of H-pyrrole nitrogens is 1. The summed E-state index contributed by atoms with van der Waals surface area (Å²) in [6.45, 7) is 8.11. The highest BCUT2D eigenvalue weighted by atomic mass is 16.6. The summed E-state index contributed by atoms with van der Waals surface area (Å²) in [7, 11) is 0. The van der Waals surface area contributed by atoms with Crippen LogP contribution in [0.3, 0.4) is 0 Å². The maximum absolute atomic E-state index is 12.1. The Labute approximate surface area is 139 Å². The standard InChI is InChI=1S/C14H20N8O2/c1-14(2,3)24-13(23)22-6-4-21(5-7-22)11-9-15-10(8-16-11)12-17-19-20-18-12/h8-9H,4-7H2,1-3H3,(H,17,18,19,20). The van der Waals surface area contributed by atoms with Gasteiger partial charge in [-0.2, -0.15) is 5.21 Å². The molecule has 0 aromatic carbocycles. The number of anilines is 1. The summed E-state index contributed by atoms with van der Waals surface area (Å²) in [4.78, 5) is 24.6. The van der Waals surface area contributed by atoms with Crippen LogP contribution in [0, 0.1) is 0 Å². The lowest BCUT2D eigenvalue weighted by molar-refractivity contribution is 0.0240. The molecule has 1 N–H and O–H groups in total. The maximum Gasteiger partial charge on any atom is 0.410 e. The SMILES string of the molecule is CC(C)(C)OC(=O)N1CCN(c2cnc(-c3nn[nH]n3)cn2)CC1. The Bertz CT molecular complexity index is 672. The minimum Gasteiger partial charge on any atom is -0.444 e. The average Bonchev–Trinajstić information content (AvgIpc) is 3.08. The highest BCUT2D eigenvalue weighted by Gasteiger charge is 2.26. The first-order chi connectivity index (χ1) is 11.4. The van der Waals surface area contributed by atoms with Crippen molar-refractivity contribution in [2.45, 2.75) is 26.4 Å². The second-order valence-electron chi connectivity index (χ2n) is 6.45. The van der Waals surface area contributed by atoms with Crippen LogP contribution in [0.2, 0.25) is 0 Å². The summed E-state index contributed by atoms with van der Waals surface area (Å²) < 4.78 is 5.39. The summed E-state index contributed by atoms with van der Waals surface area (Å²) in [6, 6.07) is 0. The smallest absolute Gasteiger partial charge is 0.410 e. The van der Waals surface area contributed by atoms with Gasteiger partial charge in [0.2, 0.25) is 5.82 Å². The predicted octanol–water partition coefficient (Wildman–Crippen LogP) is 0.714. The third-order valence-electron chi connectivity index (χ3n) is 3.47. The Morgan fingerprint density at radius 2 is 1.92 bits per heavy atom. The van der Waals surface area contributed by atoms with E-state index in [1.165, 1.54) is 0 Å². The van der Waals surface area contributed by atoms with Crippen molar-refractivity contribution < 1.29 is 9.53 Å². The molecule has 1 fully saturated rings. The lowest BCUT2D eigenvalue weighted by Gasteiger charge is -2.36. The molecule has 1 aliphatic rings. The number of carbonyl (C=O) groups excluding carboxylic acids is 1. The summed E-state index contributed by atoms with van der Waals surface area (Å²) in [6.07, 6.45) is 3.01. The Morgan fingerprint density at radius 3 is 2.46 bits per heavy atom. The number of piperazine rings is 1. The first kappa shape index (κ1) is 16.1. The van der Waals surface area contributed by atoms with Gasteiger partial charge < -0.3 is 14.5 Å². The van der Waals surface area contributed by atoms with Crippen LogP contribution in [0.5, 0.6) is 0 Å². The molecule has 3 rings (SSSR count). The van der Waals surface area contributed by atoms with E-state index in [2.05, 4.69) is 35.5 Å². The highest BCUT2D eigenvalue weighted by Crippen LogP contribution is 2.17. The quantitative estimate of drug-likeness (QED) is 0.855. The molecular formula is C14H20N8O2. The van der Waals surface area contributed by atoms with E-state index in [1.54, 1.807) is 17.3 Å². The second kappa shape index (κ2) is 6.38. The molecule has 24 heavy (non-hydrogen) atoms. The van der Waals surface area contributed by atoms with Crippen LogP contribution in [0.15, 0.2) is 12.4 Å². The molecular weight excluding hydrogens is 312 g/mol. The van der Waals surface area contributed by atoms with Crippen molar-refractivity contribution in [1.82, 2.24) is 35.5 Å². The zero-order valence-electron chi connectivity index (χ0n) is 13.9. The molecule has 1 saturated heterocycles. The van der Waals surface area contributed by atoms with E-state index >= 15 is 0 Å². The number of hydrogen-bond acceptors (Lipinski definition) is 8. The van der Waals surface area contributed by atoms with Crippen LogP contribution in [0.25, 0.3) is 11.5 Å². The monoisotopic (exact) mass is 332 g/mol. The molecule has 0 radical (unpaired) electrons. The molecule has 1 aliphatic heterocycles. The Hall–Kier alpha value is -2.78. The van der Waals surface area contributed by atoms with Crippen molar-refractivity contribution in [1.29, 1.82) is 0 Å². The normalized spacial score (nSPS) is 15.5. The lowest BCUT2D eigenvalue weighted by atomic mass is 10.2. The van der Waals surface area contributed by atoms with Gasteiger partial charge in [0.1, 0.15) is 17.1 Å². The van der Waals surface area contributed by atoms with Gasteiger partial charge in [0, 0.05) is 26.2 Å². The summed E-state index contributed by atoms with van der Waals surface area (Å²) >= 11 is 0. The van der Waals surface area contributed by atoms with E-state index in [1.807, 2.05) is 20.8 Å². The largest absolute Gasteiger partial charge is 0.444 e. The fourth-order valence-electron chi connectivity index (χ4n) is 2.31. The number of hydrogen-bond donors (Lipinski definition) is 1. The van der Waals surface area contributed by atoms with Gasteiger partial charge in [0.15, 0.2) is 0 Å². The lowest BCUT2D eigenvalue weighted by Crippen LogP contribution is -2.50. The third-order valence-corrected chi connectivity index (χ3v) is 3.47. The molecule has 0 saturated carbocycles. The first-order valence-electron chi connectivity index (χ1n) is 7.71. The molecule has 1 amide bonds. The highest BCUT2D eigenvalue weighted by molar-refractivity contribution is 5.68. The van der Waals surface area contributed by atoms with E-state index in [4.69, 9.17) is 4.74 Å². The second-order valence-corrected chi connectivity index (χ2v) is 6.45. The molecule has 3 heterocycles. The van der Waals surface area contributed by atoms with Gasteiger partial charge in [-0.05, 0) is 26.0 Å². The topological polar surface area (TPSA) is 113 Å². The molecule has 0 aliphatic carbocycles. The zero-order chi connectivity index (χ0) is 17.2. The summed E-state index contributed by atoms with van der Waals surface area (Å²) in [5, 5.41) is 13.6. The summed E-state index contributed by atoms with van der Waals surface area (Å²) in [5.41, 5.74) is 0.0740. The molecule has 0 spiro atoms. The van der Waals surface area contributed by atoms with E-state index in [0.717, 1.165) is 5.82 Å². The minimum absolute atomic E-state index is 0.277. The van der Waals surface area contributed by atoms with Crippen molar-refractivity contribution in [3.05, 3.63) is 12.4 Å². The van der Waals surface area contributed by atoms with Gasteiger partial charge >= 0.3 is 6.09 Å². The van der Waals surface area contributed by atoms with Crippen LogP contribution >= 0.6 is 0 Å². The van der Waals surface area contributed by atoms with Crippen LogP contribution in [-0.2, 0) is 4.74 Å². The van der Waals surface area contributed by atoms with E-state index < -0.39 is 5.60 Å². The van der Waals surface area contributed by atoms with Crippen molar-refractivity contribution in [3.63, 3.8) is 0 Å². The average molecular weight is 332 g/mol. The van der Waals surface area contributed by atoms with Crippen molar-refractivity contribution in [2.24, 2.45) is 0 Å². The van der Waals surface area contributed by atoms with Crippen molar-refractivity contribution in [2.75, 3.05) is 31.1 Å². The van der Waals surface area contributed by atoms with E-state index in [0.29, 0.717) is 37.7 Å². The van der Waals surface area contributed by atoms with Crippen LogP contribution in [0.4, 0.5) is 10.6 Å². The third kappa shape index (κ3) is 3.76. The van der Waals surface area contributed by atoms with Gasteiger partial charge in [-0.3, -0.25) is 0 Å². The minimum atomic E-state index is -0.481. The molecule has 2 aromatic rings. The fourth-order valence-corrected chi connectivity index (χ4v) is 2.31. The first-order valence-corrected chi connectivity index (χ1v) is 7.71. The number of ether oxygens (including phenoxy) is 1. The molecule has 0 atom stereocenters. The number of carbonyl (C=O) groups is 1. The number of aromatic amines is 1. The molecule has 10 heteroatoms. The number of tetrazole rings is 1. The Balaban J connectivity index is 1.58. The molecule has 2 aromatic heterocycles. The predicted molar refractivity (Wildman–Crippen MR) is 85.2 cm³/mol. The molecule has 10 nitrogen and oxygen atoms in total. The number of rotatable bonds is 2. The fraction of sp³-hybridized carbons (Fsp3) is 0.571. The molecule has 0 bridgehead atoms. The zero-order valence-corrected chi connectivity index (χ0v) is 13.9. The van der Waals surface area contributed by atoms with Gasteiger partial charge in [-0.1, -0.05) is 0 Å². The van der Waals surface area contributed by atoms with Crippen molar-refractivity contribution in [3.8, 4) is 11.5 Å². The Morgan fingerprint density at radius 1 is 1.17 bits per heavy atom. The Kier molecular flexibility index (Phi) is 4.28. The van der Waals surface area contributed by atoms with Crippen LogP contribution in [0.1, 0.15) is 20.8 Å². The number of aromatic nitrogens is 6. The van der Waals surface area contributed by atoms with Crippen LogP contribution in [-0.4, -0.2) is 73.4 Å². The summed E-state index contributed by atoms with van der Waals surface area (Å²) in [5.74, 6) is 1.16. The van der Waals surface area contributed by atoms with E-state index in [9.17, 15) is 4.79 Å². The van der Waals surface area contributed by atoms with Gasteiger partial charge in [-0.15, -0.1) is 10.2 Å². The number of nitrogens with one attached hydrogen (secondary N) is 1.